The Hall–Kier alpha value is -1.50. The standard InChI is InChI=1S/C21H29FN2O3/c22-19-8-6-17(7-9-19)14-23-10-3-12-26-21(15-23)16-24(11-13-27-21)20(25)18-4-1-2-5-18/h6-9,18H,1-5,10-16H2. The molecule has 2 aliphatic heterocycles. The Morgan fingerprint density at radius 2 is 1.78 bits per heavy atom. The molecule has 0 aromatic heterocycles. The third-order valence-electron chi connectivity index (χ3n) is 5.94. The lowest BCUT2D eigenvalue weighted by atomic mass is 10.1. The molecule has 5 nitrogen and oxygen atoms in total. The summed E-state index contributed by atoms with van der Waals surface area (Å²) in [6.07, 6.45) is 5.27. The number of halogens is 1. The number of benzene rings is 1. The number of rotatable bonds is 3. The molecular weight excluding hydrogens is 347 g/mol. The average molecular weight is 376 g/mol. The van der Waals surface area contributed by atoms with Crippen LogP contribution in [0.2, 0.25) is 0 Å². The van der Waals surface area contributed by atoms with Crippen LogP contribution in [0.3, 0.4) is 0 Å². The Kier molecular flexibility index (Phi) is 5.76. The summed E-state index contributed by atoms with van der Waals surface area (Å²) in [4.78, 5) is 17.1. The molecule has 1 aliphatic carbocycles. The highest BCUT2D eigenvalue weighted by Gasteiger charge is 2.43. The lowest BCUT2D eigenvalue weighted by Crippen LogP contribution is -2.59. The Morgan fingerprint density at radius 1 is 1.04 bits per heavy atom. The first-order valence-electron chi connectivity index (χ1n) is 10.2. The van der Waals surface area contributed by atoms with Gasteiger partial charge in [-0.25, -0.2) is 4.39 Å². The van der Waals surface area contributed by atoms with E-state index in [1.807, 2.05) is 17.0 Å². The number of hydrogen-bond acceptors (Lipinski definition) is 4. The Labute approximate surface area is 160 Å². The van der Waals surface area contributed by atoms with E-state index in [1.54, 1.807) is 0 Å². The van der Waals surface area contributed by atoms with Gasteiger partial charge in [0.1, 0.15) is 5.82 Å². The number of amides is 1. The minimum absolute atomic E-state index is 0.182. The summed E-state index contributed by atoms with van der Waals surface area (Å²) in [6, 6.07) is 6.65. The van der Waals surface area contributed by atoms with Gasteiger partial charge in [-0.2, -0.15) is 0 Å². The molecule has 27 heavy (non-hydrogen) atoms. The smallest absolute Gasteiger partial charge is 0.225 e. The van der Waals surface area contributed by atoms with Crippen molar-refractivity contribution in [1.82, 2.24) is 9.80 Å². The molecule has 1 atom stereocenters. The molecule has 6 heteroatoms. The highest BCUT2D eigenvalue weighted by molar-refractivity contribution is 5.79. The summed E-state index contributed by atoms with van der Waals surface area (Å²) in [6.45, 7) is 4.55. The number of hydrogen-bond donors (Lipinski definition) is 0. The molecule has 0 radical (unpaired) electrons. The molecule has 2 heterocycles. The third kappa shape index (κ3) is 4.50. The van der Waals surface area contributed by atoms with Gasteiger partial charge in [-0.1, -0.05) is 25.0 Å². The first kappa shape index (κ1) is 18.8. The van der Waals surface area contributed by atoms with E-state index in [9.17, 15) is 9.18 Å². The van der Waals surface area contributed by atoms with Crippen molar-refractivity contribution in [2.45, 2.75) is 44.4 Å². The molecule has 1 saturated carbocycles. The summed E-state index contributed by atoms with van der Waals surface area (Å²) in [5.41, 5.74) is 1.07. The molecule has 1 aromatic rings. The fourth-order valence-corrected chi connectivity index (χ4v) is 4.55. The SMILES string of the molecule is O=C(C1CCCC1)N1CCOC2(CN(Cc3ccc(F)cc3)CCCO2)C1. The topological polar surface area (TPSA) is 42.0 Å². The normalized spacial score (nSPS) is 27.8. The van der Waals surface area contributed by atoms with E-state index in [4.69, 9.17) is 9.47 Å². The van der Waals surface area contributed by atoms with E-state index < -0.39 is 5.79 Å². The maximum atomic E-state index is 13.2. The summed E-state index contributed by atoms with van der Waals surface area (Å²) >= 11 is 0. The van der Waals surface area contributed by atoms with Gasteiger partial charge >= 0.3 is 0 Å². The van der Waals surface area contributed by atoms with Crippen molar-refractivity contribution >= 4 is 5.91 Å². The van der Waals surface area contributed by atoms with E-state index in [0.717, 1.165) is 50.8 Å². The fourth-order valence-electron chi connectivity index (χ4n) is 4.55. The van der Waals surface area contributed by atoms with Crippen molar-refractivity contribution in [3.63, 3.8) is 0 Å². The quantitative estimate of drug-likeness (QED) is 0.814. The van der Waals surface area contributed by atoms with Crippen LogP contribution < -0.4 is 0 Å². The van der Waals surface area contributed by atoms with Gasteiger partial charge in [-0.05, 0) is 37.0 Å². The number of carbonyl (C=O) groups is 1. The monoisotopic (exact) mass is 376 g/mol. The number of carbonyl (C=O) groups excluding carboxylic acids is 1. The van der Waals surface area contributed by atoms with E-state index in [-0.39, 0.29) is 17.6 Å². The molecule has 4 rings (SSSR count). The minimum Gasteiger partial charge on any atom is -0.347 e. The minimum atomic E-state index is -0.747. The van der Waals surface area contributed by atoms with Crippen molar-refractivity contribution in [2.24, 2.45) is 5.92 Å². The molecule has 3 fully saturated rings. The Morgan fingerprint density at radius 3 is 2.56 bits per heavy atom. The Balaban J connectivity index is 1.43. The van der Waals surface area contributed by atoms with Crippen LogP contribution in [0.5, 0.6) is 0 Å². The first-order chi connectivity index (χ1) is 13.1. The largest absolute Gasteiger partial charge is 0.347 e. The van der Waals surface area contributed by atoms with Crippen molar-refractivity contribution in [2.75, 3.05) is 39.4 Å². The van der Waals surface area contributed by atoms with Crippen LogP contribution in [0.1, 0.15) is 37.7 Å². The molecule has 0 N–H and O–H groups in total. The molecule has 3 aliphatic rings. The van der Waals surface area contributed by atoms with Crippen LogP contribution in [-0.2, 0) is 20.8 Å². The molecule has 1 spiro atoms. The number of morpholine rings is 1. The van der Waals surface area contributed by atoms with E-state index in [1.165, 1.54) is 12.1 Å². The van der Waals surface area contributed by atoms with Gasteiger partial charge in [-0.3, -0.25) is 9.69 Å². The van der Waals surface area contributed by atoms with Gasteiger partial charge < -0.3 is 14.4 Å². The molecule has 2 saturated heterocycles. The summed E-state index contributed by atoms with van der Waals surface area (Å²) in [7, 11) is 0. The van der Waals surface area contributed by atoms with E-state index in [2.05, 4.69) is 4.90 Å². The predicted octanol–water partition coefficient (Wildman–Crippen LogP) is 2.79. The molecule has 1 aromatic carbocycles. The second kappa shape index (κ2) is 8.25. The highest BCUT2D eigenvalue weighted by Crippen LogP contribution is 2.30. The second-order valence-corrected chi connectivity index (χ2v) is 8.04. The van der Waals surface area contributed by atoms with Crippen molar-refractivity contribution in [3.8, 4) is 0 Å². The van der Waals surface area contributed by atoms with Gasteiger partial charge in [0.15, 0.2) is 5.79 Å². The fraction of sp³-hybridized carbons (Fsp3) is 0.667. The van der Waals surface area contributed by atoms with Gasteiger partial charge in [-0.15, -0.1) is 0 Å². The van der Waals surface area contributed by atoms with Gasteiger partial charge in [0.2, 0.25) is 5.91 Å². The number of nitrogens with zero attached hydrogens (tertiary/aromatic N) is 2. The van der Waals surface area contributed by atoms with Gasteiger partial charge in [0.25, 0.3) is 0 Å². The van der Waals surface area contributed by atoms with Gasteiger partial charge in [0.05, 0.1) is 26.3 Å². The maximum absolute atomic E-state index is 13.2. The predicted molar refractivity (Wildman–Crippen MR) is 99.5 cm³/mol. The van der Waals surface area contributed by atoms with Crippen LogP contribution in [0.25, 0.3) is 0 Å². The second-order valence-electron chi connectivity index (χ2n) is 8.04. The van der Waals surface area contributed by atoms with Crippen molar-refractivity contribution in [3.05, 3.63) is 35.6 Å². The number of ether oxygens (including phenoxy) is 2. The molecule has 1 unspecified atom stereocenters. The zero-order valence-electron chi connectivity index (χ0n) is 15.9. The Bertz CT molecular complexity index is 647. The first-order valence-corrected chi connectivity index (χ1v) is 10.2. The van der Waals surface area contributed by atoms with Gasteiger partial charge in [0, 0.05) is 25.6 Å². The zero-order chi connectivity index (χ0) is 18.7. The van der Waals surface area contributed by atoms with Crippen LogP contribution >= 0.6 is 0 Å². The zero-order valence-corrected chi connectivity index (χ0v) is 15.9. The van der Waals surface area contributed by atoms with E-state index in [0.29, 0.717) is 32.8 Å². The van der Waals surface area contributed by atoms with Crippen molar-refractivity contribution in [1.29, 1.82) is 0 Å². The van der Waals surface area contributed by atoms with Crippen LogP contribution in [0, 0.1) is 11.7 Å². The third-order valence-corrected chi connectivity index (χ3v) is 5.94. The van der Waals surface area contributed by atoms with Crippen molar-refractivity contribution < 1.29 is 18.7 Å². The van der Waals surface area contributed by atoms with Crippen LogP contribution in [0.15, 0.2) is 24.3 Å². The lowest BCUT2D eigenvalue weighted by molar-refractivity contribution is -0.265. The van der Waals surface area contributed by atoms with Crippen LogP contribution in [-0.4, -0.2) is 60.9 Å². The molecule has 148 valence electrons. The molecule has 1 amide bonds. The lowest BCUT2D eigenvalue weighted by Gasteiger charge is -2.43. The van der Waals surface area contributed by atoms with E-state index >= 15 is 0 Å². The molecular formula is C21H29FN2O3. The summed E-state index contributed by atoms with van der Waals surface area (Å²) < 4.78 is 25.4. The van der Waals surface area contributed by atoms with Crippen LogP contribution in [0.4, 0.5) is 4.39 Å². The summed E-state index contributed by atoms with van der Waals surface area (Å²) in [5, 5.41) is 0. The molecule has 0 bridgehead atoms. The average Bonchev–Trinajstić information content (AvgIpc) is 3.15. The maximum Gasteiger partial charge on any atom is 0.225 e. The highest BCUT2D eigenvalue weighted by atomic mass is 19.1. The summed E-state index contributed by atoms with van der Waals surface area (Å²) in [5.74, 6) is -0.510.